The largest absolute Gasteiger partial charge is 0.451 e. The number of carbonyl (C=O) groups is 2. The maximum absolute atomic E-state index is 12.7. The fraction of sp³-hybridized carbons (Fsp3) is 0.600. The average Bonchev–Trinajstić information content (AvgIpc) is 3.27. The van der Waals surface area contributed by atoms with Crippen LogP contribution >= 0.6 is 0 Å². The lowest BCUT2D eigenvalue weighted by Gasteiger charge is -2.46. The Labute approximate surface area is 224 Å². The van der Waals surface area contributed by atoms with Gasteiger partial charge in [-0.3, -0.25) is 4.79 Å². The van der Waals surface area contributed by atoms with E-state index in [1.807, 2.05) is 43.3 Å². The highest BCUT2D eigenvalue weighted by molar-refractivity contribution is 5.90. The smallest absolute Gasteiger partial charge is 0.331 e. The van der Waals surface area contributed by atoms with Gasteiger partial charge in [-0.25, -0.2) is 4.79 Å². The van der Waals surface area contributed by atoms with Gasteiger partial charge in [-0.15, -0.1) is 0 Å². The van der Waals surface area contributed by atoms with E-state index < -0.39 is 48.9 Å². The molecule has 2 aliphatic carbocycles. The van der Waals surface area contributed by atoms with Gasteiger partial charge in [0.1, 0.15) is 18.3 Å². The van der Waals surface area contributed by atoms with Crippen LogP contribution in [0.25, 0.3) is 6.08 Å². The lowest BCUT2D eigenvalue weighted by atomic mass is 9.75. The molecular formula is C30H40O8. The van der Waals surface area contributed by atoms with E-state index in [2.05, 4.69) is 13.8 Å². The molecule has 0 unspecified atom stereocenters. The van der Waals surface area contributed by atoms with Crippen molar-refractivity contribution in [3.63, 3.8) is 0 Å². The van der Waals surface area contributed by atoms with Crippen molar-refractivity contribution in [2.45, 2.75) is 89.2 Å². The van der Waals surface area contributed by atoms with Gasteiger partial charge in [0.15, 0.2) is 18.2 Å². The lowest BCUT2D eigenvalue weighted by Crippen LogP contribution is -2.61. The van der Waals surface area contributed by atoms with Crippen LogP contribution in [0.2, 0.25) is 0 Å². The number of hydrogen-bond acceptors (Lipinski definition) is 8. The van der Waals surface area contributed by atoms with Gasteiger partial charge in [-0.2, -0.15) is 0 Å². The highest BCUT2D eigenvalue weighted by Gasteiger charge is 2.50. The molecule has 208 valence electrons. The number of ketones is 1. The number of hydrogen-bond donors (Lipinski definition) is 3. The van der Waals surface area contributed by atoms with Gasteiger partial charge in [0.05, 0.1) is 12.2 Å². The first kappa shape index (κ1) is 28.6. The first-order valence-corrected chi connectivity index (χ1v) is 13.6. The number of rotatable bonds is 7. The fourth-order valence-corrected chi connectivity index (χ4v) is 6.05. The molecule has 0 radical (unpaired) electrons. The quantitative estimate of drug-likeness (QED) is 0.364. The number of aliphatic hydroxyl groups is 3. The number of ether oxygens (including phenoxy) is 3. The molecule has 8 heteroatoms. The molecule has 0 amide bonds. The van der Waals surface area contributed by atoms with Crippen LogP contribution in [-0.2, 0) is 23.8 Å². The van der Waals surface area contributed by atoms with E-state index in [-0.39, 0.29) is 11.7 Å². The summed E-state index contributed by atoms with van der Waals surface area (Å²) in [6.45, 7) is 5.76. The van der Waals surface area contributed by atoms with Crippen molar-refractivity contribution in [3.8, 4) is 0 Å². The monoisotopic (exact) mass is 528 g/mol. The highest BCUT2D eigenvalue weighted by atomic mass is 16.7. The Morgan fingerprint density at radius 1 is 1.18 bits per heavy atom. The zero-order valence-corrected chi connectivity index (χ0v) is 22.4. The molecule has 2 fully saturated rings. The summed E-state index contributed by atoms with van der Waals surface area (Å²) in [7, 11) is 0. The number of fused-ring (bicyclic) bond motifs is 1. The zero-order valence-electron chi connectivity index (χ0n) is 22.4. The van der Waals surface area contributed by atoms with E-state index in [0.29, 0.717) is 31.1 Å². The predicted molar refractivity (Wildman–Crippen MR) is 141 cm³/mol. The predicted octanol–water partition coefficient (Wildman–Crippen LogP) is 3.19. The molecular weight excluding hydrogens is 488 g/mol. The summed E-state index contributed by atoms with van der Waals surface area (Å²) in [4.78, 5) is 25.4. The van der Waals surface area contributed by atoms with E-state index in [0.717, 1.165) is 24.0 Å². The molecule has 1 aromatic carbocycles. The van der Waals surface area contributed by atoms with Gasteiger partial charge < -0.3 is 29.5 Å². The van der Waals surface area contributed by atoms with Crippen LogP contribution in [0.3, 0.4) is 0 Å². The van der Waals surface area contributed by atoms with Crippen molar-refractivity contribution in [2.24, 2.45) is 17.8 Å². The molecule has 1 aliphatic heterocycles. The van der Waals surface area contributed by atoms with Crippen molar-refractivity contribution < 1.29 is 39.1 Å². The van der Waals surface area contributed by atoms with Gasteiger partial charge >= 0.3 is 5.97 Å². The molecule has 0 spiro atoms. The van der Waals surface area contributed by atoms with E-state index in [1.165, 1.54) is 6.08 Å². The number of allylic oxidation sites excluding steroid dienone is 2. The second kappa shape index (κ2) is 12.2. The molecule has 1 saturated carbocycles. The van der Waals surface area contributed by atoms with Gasteiger partial charge in [0.25, 0.3) is 0 Å². The average molecular weight is 529 g/mol. The number of esters is 1. The summed E-state index contributed by atoms with van der Waals surface area (Å²) in [6, 6.07) is 9.21. The third kappa shape index (κ3) is 6.61. The highest BCUT2D eigenvalue weighted by Crippen LogP contribution is 2.48. The molecule has 8 atom stereocenters. The molecule has 1 heterocycles. The molecule has 3 N–H and O–H groups in total. The Morgan fingerprint density at radius 3 is 2.61 bits per heavy atom. The summed E-state index contributed by atoms with van der Waals surface area (Å²) < 4.78 is 17.9. The lowest BCUT2D eigenvalue weighted by molar-refractivity contribution is -0.328. The number of carbonyl (C=O) groups excluding carboxylic acids is 2. The second-order valence-electron chi connectivity index (χ2n) is 11.4. The SMILES string of the molecule is CC(C)[C@H]1CC/C2=C/C(=O)CC[C@](C)(O[C@@H]3O[C@H](CO)[C@@H](O)[C@H](O)[C@H]3OC(=O)/C=C/c3ccccc3)C[C@@H]21. The van der Waals surface area contributed by atoms with Crippen LogP contribution in [-0.4, -0.2) is 70.0 Å². The fourth-order valence-electron chi connectivity index (χ4n) is 6.05. The third-order valence-corrected chi connectivity index (χ3v) is 8.20. The van der Waals surface area contributed by atoms with Crippen LogP contribution in [0.4, 0.5) is 0 Å². The van der Waals surface area contributed by atoms with Gasteiger partial charge in [0, 0.05) is 12.5 Å². The number of aliphatic hydroxyl groups excluding tert-OH is 3. The normalized spacial score (nSPS) is 37.4. The van der Waals surface area contributed by atoms with Crippen molar-refractivity contribution in [3.05, 3.63) is 53.6 Å². The minimum atomic E-state index is -1.54. The van der Waals surface area contributed by atoms with Crippen LogP contribution in [0.1, 0.15) is 58.4 Å². The van der Waals surface area contributed by atoms with Crippen molar-refractivity contribution >= 4 is 17.8 Å². The van der Waals surface area contributed by atoms with E-state index >= 15 is 0 Å². The minimum absolute atomic E-state index is 0.0613. The van der Waals surface area contributed by atoms with Crippen molar-refractivity contribution in [2.75, 3.05) is 6.61 Å². The zero-order chi connectivity index (χ0) is 27.4. The summed E-state index contributed by atoms with van der Waals surface area (Å²) in [6.07, 6.45) is 1.20. The summed E-state index contributed by atoms with van der Waals surface area (Å²) in [5.74, 6) is 0.356. The van der Waals surface area contributed by atoms with Gasteiger partial charge in [-0.05, 0) is 68.1 Å². The summed E-state index contributed by atoms with van der Waals surface area (Å²) >= 11 is 0. The summed E-state index contributed by atoms with van der Waals surface area (Å²) in [5.41, 5.74) is 1.13. The molecule has 38 heavy (non-hydrogen) atoms. The van der Waals surface area contributed by atoms with Crippen LogP contribution in [0.15, 0.2) is 48.1 Å². The molecule has 4 rings (SSSR count). The first-order chi connectivity index (χ1) is 18.1. The molecule has 0 bridgehead atoms. The van der Waals surface area contributed by atoms with Crippen molar-refractivity contribution in [1.29, 1.82) is 0 Å². The Bertz CT molecular complexity index is 1030. The van der Waals surface area contributed by atoms with E-state index in [1.54, 1.807) is 6.08 Å². The molecule has 0 aromatic heterocycles. The molecule has 8 nitrogen and oxygen atoms in total. The Kier molecular flexibility index (Phi) is 9.21. The minimum Gasteiger partial charge on any atom is -0.451 e. The van der Waals surface area contributed by atoms with E-state index in [4.69, 9.17) is 14.2 Å². The maximum Gasteiger partial charge on any atom is 0.331 e. The van der Waals surface area contributed by atoms with Crippen molar-refractivity contribution in [1.82, 2.24) is 0 Å². The van der Waals surface area contributed by atoms with Gasteiger partial charge in [0.2, 0.25) is 0 Å². The molecule has 1 saturated heterocycles. The Morgan fingerprint density at radius 2 is 1.92 bits per heavy atom. The molecule has 3 aliphatic rings. The number of benzene rings is 1. The summed E-state index contributed by atoms with van der Waals surface area (Å²) in [5, 5.41) is 31.1. The Hall–Kier alpha value is -2.36. The van der Waals surface area contributed by atoms with Crippen LogP contribution in [0, 0.1) is 17.8 Å². The van der Waals surface area contributed by atoms with E-state index in [9.17, 15) is 24.9 Å². The first-order valence-electron chi connectivity index (χ1n) is 13.6. The molecule has 1 aromatic rings. The van der Waals surface area contributed by atoms with Crippen LogP contribution in [0.5, 0.6) is 0 Å². The Balaban J connectivity index is 1.56. The van der Waals surface area contributed by atoms with Crippen LogP contribution < -0.4 is 0 Å². The maximum atomic E-state index is 12.7. The van der Waals surface area contributed by atoms with Gasteiger partial charge in [-0.1, -0.05) is 49.8 Å². The standard InChI is InChI=1S/C30H40O8/c1-18(2)22-11-10-20-15-21(32)13-14-30(3,16-23(20)22)38-29-28(27(35)26(34)24(17-31)36-29)37-25(33)12-9-19-7-5-4-6-8-19/h4-9,12,15,18,22-24,26-29,31,34-35H,10-11,13-14,16-17H2,1-3H3/b12-9+,20-15-/t22-,23+,24-,26-,27+,28-,29+,30+/m1/s1. The third-order valence-electron chi connectivity index (χ3n) is 8.20. The topological polar surface area (TPSA) is 123 Å². The second-order valence-corrected chi connectivity index (χ2v) is 11.4.